The molecule has 0 saturated heterocycles. The lowest BCUT2D eigenvalue weighted by atomic mass is 10.2. The Kier molecular flexibility index (Phi) is 5.03. The number of halogens is 2. The van der Waals surface area contributed by atoms with Gasteiger partial charge in [0.05, 0.1) is 6.61 Å². The number of aliphatic hydroxyl groups excluding tert-OH is 1. The van der Waals surface area contributed by atoms with Crippen LogP contribution >= 0.6 is 0 Å². The van der Waals surface area contributed by atoms with Crippen LogP contribution in [-0.4, -0.2) is 23.7 Å². The number of benzene rings is 1. The van der Waals surface area contributed by atoms with E-state index in [1.807, 2.05) is 0 Å². The highest BCUT2D eigenvalue weighted by Crippen LogP contribution is 2.24. The zero-order chi connectivity index (χ0) is 13.7. The van der Waals surface area contributed by atoms with Crippen molar-refractivity contribution in [2.75, 3.05) is 6.54 Å². The number of hydrogen-bond donors (Lipinski definition) is 2. The summed E-state index contributed by atoms with van der Waals surface area (Å²) in [6.07, 6.45) is -1.01. The normalized spacial score (nSPS) is 12.1. The van der Waals surface area contributed by atoms with Crippen molar-refractivity contribution < 1.29 is 23.4 Å². The van der Waals surface area contributed by atoms with Gasteiger partial charge < -0.3 is 15.2 Å². The van der Waals surface area contributed by atoms with Crippen molar-refractivity contribution >= 4 is 5.91 Å². The first-order valence-electron chi connectivity index (χ1n) is 5.52. The Morgan fingerprint density at radius 2 is 2.00 bits per heavy atom. The largest absolute Gasteiger partial charge is 0.475 e. The van der Waals surface area contributed by atoms with Crippen LogP contribution in [0.15, 0.2) is 12.1 Å². The lowest BCUT2D eigenvalue weighted by molar-refractivity contribution is -0.127. The van der Waals surface area contributed by atoms with E-state index in [0.29, 0.717) is 6.54 Å². The SMILES string of the molecule is CCNC(=O)C(C)Oc1c(F)cc(CO)cc1F. The summed E-state index contributed by atoms with van der Waals surface area (Å²) in [5.74, 6) is -2.97. The van der Waals surface area contributed by atoms with Gasteiger partial charge in [-0.3, -0.25) is 4.79 Å². The summed E-state index contributed by atoms with van der Waals surface area (Å²) in [6, 6.07) is 1.92. The monoisotopic (exact) mass is 259 g/mol. The van der Waals surface area contributed by atoms with Gasteiger partial charge in [-0.05, 0) is 31.5 Å². The fourth-order valence-electron chi connectivity index (χ4n) is 1.36. The van der Waals surface area contributed by atoms with Crippen LogP contribution in [-0.2, 0) is 11.4 Å². The number of aliphatic hydroxyl groups is 1. The molecule has 0 aromatic heterocycles. The Hall–Kier alpha value is -1.69. The second-order valence-corrected chi connectivity index (χ2v) is 3.70. The molecule has 2 N–H and O–H groups in total. The van der Waals surface area contributed by atoms with Gasteiger partial charge in [0, 0.05) is 6.54 Å². The number of nitrogens with one attached hydrogen (secondary N) is 1. The molecule has 0 heterocycles. The number of rotatable bonds is 5. The van der Waals surface area contributed by atoms with Crippen LogP contribution in [0, 0.1) is 11.6 Å². The molecule has 0 aliphatic heterocycles. The average molecular weight is 259 g/mol. The van der Waals surface area contributed by atoms with Gasteiger partial charge in [0.25, 0.3) is 5.91 Å². The van der Waals surface area contributed by atoms with Crippen LogP contribution in [0.3, 0.4) is 0 Å². The number of hydrogen-bond acceptors (Lipinski definition) is 3. The minimum atomic E-state index is -1.01. The third kappa shape index (κ3) is 3.40. The molecular formula is C12H15F2NO3. The first kappa shape index (κ1) is 14.4. The van der Waals surface area contributed by atoms with Crippen molar-refractivity contribution in [3.8, 4) is 5.75 Å². The van der Waals surface area contributed by atoms with E-state index >= 15 is 0 Å². The van der Waals surface area contributed by atoms with E-state index in [-0.39, 0.29) is 5.56 Å². The van der Waals surface area contributed by atoms with Crippen LogP contribution in [0.5, 0.6) is 5.75 Å². The van der Waals surface area contributed by atoms with Crippen LogP contribution in [0.2, 0.25) is 0 Å². The van der Waals surface area contributed by atoms with Crippen LogP contribution in [0.25, 0.3) is 0 Å². The van der Waals surface area contributed by atoms with E-state index in [1.54, 1.807) is 6.92 Å². The van der Waals surface area contributed by atoms with E-state index in [9.17, 15) is 13.6 Å². The lowest BCUT2D eigenvalue weighted by Crippen LogP contribution is -2.36. The highest BCUT2D eigenvalue weighted by Gasteiger charge is 2.19. The summed E-state index contributed by atoms with van der Waals surface area (Å²) < 4.78 is 31.9. The van der Waals surface area contributed by atoms with Gasteiger partial charge >= 0.3 is 0 Å². The number of carbonyl (C=O) groups is 1. The molecule has 0 saturated carbocycles. The third-order valence-corrected chi connectivity index (χ3v) is 2.26. The molecule has 0 spiro atoms. The molecule has 1 aromatic rings. The minimum Gasteiger partial charge on any atom is -0.475 e. The summed E-state index contributed by atoms with van der Waals surface area (Å²) in [4.78, 5) is 11.4. The van der Waals surface area contributed by atoms with Gasteiger partial charge in [0.1, 0.15) is 0 Å². The number of likely N-dealkylation sites (N-methyl/N-ethyl adjacent to an activating group) is 1. The van der Waals surface area contributed by atoms with Gasteiger partial charge in [0.15, 0.2) is 23.5 Å². The maximum absolute atomic E-state index is 13.5. The maximum Gasteiger partial charge on any atom is 0.260 e. The zero-order valence-electron chi connectivity index (χ0n) is 10.2. The predicted molar refractivity (Wildman–Crippen MR) is 61.1 cm³/mol. The van der Waals surface area contributed by atoms with Crippen LogP contribution < -0.4 is 10.1 Å². The second kappa shape index (κ2) is 6.30. The van der Waals surface area contributed by atoms with E-state index in [1.165, 1.54) is 6.92 Å². The van der Waals surface area contributed by atoms with Gasteiger partial charge in [-0.2, -0.15) is 0 Å². The maximum atomic E-state index is 13.5. The Morgan fingerprint density at radius 1 is 1.44 bits per heavy atom. The molecule has 18 heavy (non-hydrogen) atoms. The molecule has 1 unspecified atom stereocenters. The molecule has 100 valence electrons. The van der Waals surface area contributed by atoms with E-state index < -0.39 is 36.0 Å². The molecule has 1 aromatic carbocycles. The Balaban J connectivity index is 2.88. The molecule has 0 radical (unpaired) electrons. The summed E-state index contributed by atoms with van der Waals surface area (Å²) in [5, 5.41) is 11.3. The Bertz CT molecular complexity index is 414. The van der Waals surface area contributed by atoms with Crippen LogP contribution in [0.1, 0.15) is 19.4 Å². The standard InChI is InChI=1S/C12H15F2NO3/c1-3-15-12(17)7(2)18-11-9(13)4-8(6-16)5-10(11)14/h4-5,7,16H,3,6H2,1-2H3,(H,15,17). The second-order valence-electron chi connectivity index (χ2n) is 3.70. The summed E-state index contributed by atoms with van der Waals surface area (Å²) in [5.41, 5.74) is 0.100. The number of carbonyl (C=O) groups excluding carboxylic acids is 1. The van der Waals surface area contributed by atoms with E-state index in [4.69, 9.17) is 9.84 Å². The number of ether oxygens (including phenoxy) is 1. The molecule has 0 bridgehead atoms. The first-order chi connectivity index (χ1) is 8.49. The topological polar surface area (TPSA) is 58.6 Å². The zero-order valence-corrected chi connectivity index (χ0v) is 10.2. The summed E-state index contributed by atoms with van der Waals surface area (Å²) >= 11 is 0. The number of amides is 1. The fourth-order valence-corrected chi connectivity index (χ4v) is 1.36. The van der Waals surface area contributed by atoms with E-state index in [0.717, 1.165) is 12.1 Å². The minimum absolute atomic E-state index is 0.100. The predicted octanol–water partition coefficient (Wildman–Crippen LogP) is 1.36. The van der Waals surface area contributed by atoms with Crippen molar-refractivity contribution in [1.82, 2.24) is 5.32 Å². The Labute approximate surface area is 104 Å². The molecule has 6 heteroatoms. The van der Waals surface area contributed by atoms with Gasteiger partial charge in [-0.1, -0.05) is 0 Å². The average Bonchev–Trinajstić information content (AvgIpc) is 2.33. The fraction of sp³-hybridized carbons (Fsp3) is 0.417. The molecule has 4 nitrogen and oxygen atoms in total. The quantitative estimate of drug-likeness (QED) is 0.839. The molecule has 1 amide bonds. The van der Waals surface area contributed by atoms with Crippen molar-refractivity contribution in [3.63, 3.8) is 0 Å². The third-order valence-electron chi connectivity index (χ3n) is 2.26. The van der Waals surface area contributed by atoms with Crippen molar-refractivity contribution in [1.29, 1.82) is 0 Å². The van der Waals surface area contributed by atoms with Gasteiger partial charge in [0.2, 0.25) is 0 Å². The smallest absolute Gasteiger partial charge is 0.260 e. The molecule has 0 fully saturated rings. The summed E-state index contributed by atoms with van der Waals surface area (Å²) in [6.45, 7) is 3.05. The molecular weight excluding hydrogens is 244 g/mol. The molecule has 1 atom stereocenters. The van der Waals surface area contributed by atoms with Gasteiger partial charge in [-0.15, -0.1) is 0 Å². The Morgan fingerprint density at radius 3 is 2.44 bits per heavy atom. The van der Waals surface area contributed by atoms with E-state index in [2.05, 4.69) is 5.32 Å². The molecule has 0 aliphatic rings. The lowest BCUT2D eigenvalue weighted by Gasteiger charge is -2.15. The van der Waals surface area contributed by atoms with Crippen molar-refractivity contribution in [3.05, 3.63) is 29.3 Å². The first-order valence-corrected chi connectivity index (χ1v) is 5.52. The molecule has 1 rings (SSSR count). The highest BCUT2D eigenvalue weighted by molar-refractivity contribution is 5.80. The summed E-state index contributed by atoms with van der Waals surface area (Å²) in [7, 11) is 0. The van der Waals surface area contributed by atoms with Crippen molar-refractivity contribution in [2.45, 2.75) is 26.6 Å². The highest BCUT2D eigenvalue weighted by atomic mass is 19.1. The molecule has 0 aliphatic carbocycles. The van der Waals surface area contributed by atoms with Crippen LogP contribution in [0.4, 0.5) is 8.78 Å². The van der Waals surface area contributed by atoms with Gasteiger partial charge in [-0.25, -0.2) is 8.78 Å². The van der Waals surface area contributed by atoms with Crippen molar-refractivity contribution in [2.24, 2.45) is 0 Å².